The van der Waals surface area contributed by atoms with E-state index < -0.39 is 82.5 Å². The number of alkyl halides is 3. The van der Waals surface area contributed by atoms with Crippen LogP contribution in [0, 0.1) is 5.41 Å². The molecule has 0 saturated carbocycles. The van der Waals surface area contributed by atoms with Crippen molar-refractivity contribution in [2.24, 2.45) is 5.41 Å². The van der Waals surface area contributed by atoms with Gasteiger partial charge in [-0.3, -0.25) is 48.8 Å². The number of amides is 6. The molecule has 1 aliphatic carbocycles. The molecular formula is C66H75ClF3N9O11S3. The normalized spacial score (nSPS) is 19.7. The summed E-state index contributed by atoms with van der Waals surface area (Å²) >= 11 is 7.75. The lowest BCUT2D eigenvalue weighted by atomic mass is 9.71. The third-order valence-corrected chi connectivity index (χ3v) is 21.9. The van der Waals surface area contributed by atoms with Crippen LogP contribution in [0.2, 0.25) is 5.02 Å². The van der Waals surface area contributed by atoms with Crippen molar-refractivity contribution in [3.8, 4) is 0 Å². The lowest BCUT2D eigenvalue weighted by molar-refractivity contribution is -0.136. The van der Waals surface area contributed by atoms with Gasteiger partial charge in [0.25, 0.3) is 37.6 Å². The number of piperazine rings is 1. The number of sulfone groups is 1. The van der Waals surface area contributed by atoms with E-state index in [0.29, 0.717) is 127 Å². The van der Waals surface area contributed by atoms with Crippen LogP contribution >= 0.6 is 23.4 Å². The van der Waals surface area contributed by atoms with Crippen LogP contribution in [0.3, 0.4) is 0 Å². The van der Waals surface area contributed by atoms with Gasteiger partial charge in [-0.1, -0.05) is 66.9 Å². The number of morpholine rings is 1. The molecule has 4 aliphatic heterocycles. The molecule has 3 saturated heterocycles. The molecule has 0 spiro atoms. The average Bonchev–Trinajstić information content (AvgIpc) is 1.73. The number of fused-ring (bicyclic) bond motifs is 1. The van der Waals surface area contributed by atoms with Crippen LogP contribution in [0.1, 0.15) is 108 Å². The Bertz CT molecular complexity index is 3850. The van der Waals surface area contributed by atoms with E-state index in [2.05, 4.69) is 42.9 Å². The molecule has 2 unspecified atom stereocenters. The zero-order valence-electron chi connectivity index (χ0n) is 51.4. The zero-order chi connectivity index (χ0) is 66.1. The number of carbonyl (C=O) groups is 6. The molecule has 93 heavy (non-hydrogen) atoms. The number of hydrogen-bond acceptors (Lipinski definition) is 17. The van der Waals surface area contributed by atoms with E-state index in [0.717, 1.165) is 58.9 Å². The number of ether oxygens (including phenoxy) is 1. The van der Waals surface area contributed by atoms with Crippen molar-refractivity contribution >= 4 is 101 Å². The highest BCUT2D eigenvalue weighted by molar-refractivity contribution is 7.99. The Morgan fingerprint density at radius 3 is 2.25 bits per heavy atom. The fourth-order valence-electron chi connectivity index (χ4n) is 12.4. The topological polar surface area (TPSA) is 253 Å². The lowest BCUT2D eigenvalue weighted by Gasteiger charge is -2.41. The molecule has 3 fully saturated rings. The number of unbranched alkanes of at least 4 members (excludes halogenated alkanes) is 2. The quantitative estimate of drug-likeness (QED) is 0.0197. The van der Waals surface area contributed by atoms with E-state index in [-0.39, 0.29) is 40.9 Å². The molecule has 0 radical (unpaired) electrons. The van der Waals surface area contributed by atoms with Gasteiger partial charge in [0.05, 0.1) is 34.9 Å². The molecule has 5 aliphatic rings. The number of benzene rings is 5. The van der Waals surface area contributed by atoms with Gasteiger partial charge in [0, 0.05) is 117 Å². The maximum atomic E-state index is 14.3. The minimum absolute atomic E-state index is 0.0293. The number of thioether (sulfide) groups is 1. The minimum atomic E-state index is -6.11. The first-order valence-corrected chi connectivity index (χ1v) is 35.4. The van der Waals surface area contributed by atoms with Crippen molar-refractivity contribution in [3.05, 3.63) is 148 Å². The van der Waals surface area contributed by atoms with Crippen molar-refractivity contribution in [2.75, 3.05) is 99.9 Å². The van der Waals surface area contributed by atoms with Crippen LogP contribution in [-0.4, -0.2) is 169 Å². The number of nitrogens with zero attached hydrogens (tertiary/aromatic N) is 4. The number of hydrogen-bond donors (Lipinski definition) is 5. The molecule has 20 nitrogen and oxygen atoms in total. The van der Waals surface area contributed by atoms with Crippen LogP contribution in [-0.2, 0) is 39.0 Å². The monoisotopic (exact) mass is 1360 g/mol. The van der Waals surface area contributed by atoms with Crippen molar-refractivity contribution in [1.82, 2.24) is 30.1 Å². The van der Waals surface area contributed by atoms with Gasteiger partial charge in [-0.2, -0.15) is 13.2 Å². The largest absolute Gasteiger partial charge is 0.501 e. The number of anilines is 3. The number of sulfonamides is 1. The fraction of sp³-hybridized carbons (Fsp3) is 0.424. The molecule has 496 valence electrons. The molecule has 6 amide bonds. The molecule has 27 heteroatoms. The van der Waals surface area contributed by atoms with Crippen molar-refractivity contribution in [1.29, 1.82) is 0 Å². The first-order chi connectivity index (χ1) is 44.4. The van der Waals surface area contributed by atoms with Crippen LogP contribution in [0.25, 0.3) is 5.57 Å². The summed E-state index contributed by atoms with van der Waals surface area (Å²) in [5.74, 6) is -3.05. The van der Waals surface area contributed by atoms with Gasteiger partial charge in [-0.15, -0.1) is 11.8 Å². The first-order valence-electron chi connectivity index (χ1n) is 31.1. The number of nitrogens with one attached hydrogen (secondary N) is 5. The highest BCUT2D eigenvalue weighted by Crippen LogP contribution is 2.44. The van der Waals surface area contributed by atoms with E-state index in [1.165, 1.54) is 35.0 Å². The molecule has 0 bridgehead atoms. The summed E-state index contributed by atoms with van der Waals surface area (Å²) < 4.78 is 104. The molecule has 5 aromatic carbocycles. The van der Waals surface area contributed by atoms with Crippen molar-refractivity contribution < 1.29 is 63.5 Å². The van der Waals surface area contributed by atoms with E-state index in [4.69, 9.17) is 16.3 Å². The Morgan fingerprint density at radius 2 is 1.54 bits per heavy atom. The number of carbonyl (C=O) groups excluding carboxylic acids is 6. The standard InChI is InChI=1S/C66H75ClF3N9O11S3/c1-65(43-72-58(80)13-6-3-7-29-71-55-12-8-11-53-60(55)64(85)79(63(53)84)56-24-25-59(81)74-62(56)83)28-26-52(44-14-18-47(67)19-15-44)46(40-65)41-77-31-33-78(34-32-77)49-20-16-45(17-21-49)61(82)75-93(88,89)51-22-23-54(57(39-51)92(86,87)66(68,69)70)73-48(27-30-76-35-37-90-38-36-76)42-91-50-9-4-2-5-10-50/h2,4-5,8-12,14-23,39,48,56,71,73H,3,6-7,13,24-38,40-43H2,1H3,(H,72,80)(H,75,82)(H,74,81,83)/t48-,56?,65?/m1/s1. The molecular weight excluding hydrogens is 1280 g/mol. The SMILES string of the molecule is CC1(CNC(=O)CCCCCNc2cccc3c2C(=O)N(C2CCC(=O)NC2=O)C3=O)CCC(c2ccc(Cl)cc2)=C(CN2CCN(c3ccc(C(=O)NS(=O)(=O)c4ccc(N[C@H](CCN5CCOCC5)CSc5ccccc5)c(S(=O)(=O)C(F)(F)F)c4)cc3)CC2)C1. The third kappa shape index (κ3) is 17.0. The van der Waals surface area contributed by atoms with Crippen molar-refractivity contribution in [2.45, 2.75) is 103 Å². The van der Waals surface area contributed by atoms with Gasteiger partial charge in [0.2, 0.25) is 17.7 Å². The maximum Gasteiger partial charge on any atom is 0.501 e. The third-order valence-electron chi connectivity index (χ3n) is 17.6. The summed E-state index contributed by atoms with van der Waals surface area (Å²) in [5.41, 5.74) is -1.23. The van der Waals surface area contributed by atoms with E-state index in [1.54, 1.807) is 30.3 Å². The predicted molar refractivity (Wildman–Crippen MR) is 349 cm³/mol. The highest BCUT2D eigenvalue weighted by atomic mass is 35.5. The molecule has 0 aromatic heterocycles. The maximum absolute atomic E-state index is 14.3. The van der Waals surface area contributed by atoms with Crippen LogP contribution in [0.15, 0.2) is 136 Å². The van der Waals surface area contributed by atoms with E-state index in [9.17, 15) is 58.8 Å². The fourth-order valence-corrected chi connectivity index (χ4v) is 15.6. The average molecular weight is 1360 g/mol. The van der Waals surface area contributed by atoms with Gasteiger partial charge < -0.3 is 25.6 Å². The van der Waals surface area contributed by atoms with Crippen LogP contribution in [0.4, 0.5) is 30.2 Å². The molecule has 10 rings (SSSR count). The second-order valence-electron chi connectivity index (χ2n) is 24.3. The Hall–Kier alpha value is -7.33. The summed E-state index contributed by atoms with van der Waals surface area (Å²) in [6.07, 6.45) is 5.30. The molecule has 5 aromatic rings. The van der Waals surface area contributed by atoms with Gasteiger partial charge in [-0.25, -0.2) is 21.6 Å². The highest BCUT2D eigenvalue weighted by Gasteiger charge is 2.49. The number of allylic oxidation sites excluding steroid dienone is 1. The second-order valence-corrected chi connectivity index (χ2v) is 29.4. The summed E-state index contributed by atoms with van der Waals surface area (Å²) in [4.78, 5) is 84.3. The number of piperidine rings is 1. The van der Waals surface area contributed by atoms with Gasteiger partial charge in [-0.05, 0) is 140 Å². The van der Waals surface area contributed by atoms with Crippen LogP contribution in [0.5, 0.6) is 0 Å². The Kier molecular flexibility index (Phi) is 22.1. The Morgan fingerprint density at radius 1 is 0.806 bits per heavy atom. The number of halogens is 4. The zero-order valence-corrected chi connectivity index (χ0v) is 54.6. The van der Waals surface area contributed by atoms with Gasteiger partial charge in [0.1, 0.15) is 10.9 Å². The second kappa shape index (κ2) is 30.0. The predicted octanol–water partition coefficient (Wildman–Crippen LogP) is 9.00. The Labute approximate surface area is 548 Å². The Balaban J connectivity index is 0.710. The molecule has 4 heterocycles. The molecule has 5 N–H and O–H groups in total. The van der Waals surface area contributed by atoms with E-state index >= 15 is 0 Å². The van der Waals surface area contributed by atoms with Gasteiger partial charge >= 0.3 is 5.51 Å². The van der Waals surface area contributed by atoms with Crippen LogP contribution < -0.4 is 30.9 Å². The number of rotatable bonds is 26. The smallest absolute Gasteiger partial charge is 0.384 e. The molecule has 3 atom stereocenters. The summed E-state index contributed by atoms with van der Waals surface area (Å²) in [5, 5.41) is 12.3. The van der Waals surface area contributed by atoms with Crippen molar-refractivity contribution in [3.63, 3.8) is 0 Å². The lowest BCUT2D eigenvalue weighted by Crippen LogP contribution is -2.54. The first kappa shape index (κ1) is 68.5. The van der Waals surface area contributed by atoms with E-state index in [1.807, 2.05) is 59.3 Å². The number of imide groups is 2. The summed E-state index contributed by atoms with van der Waals surface area (Å²) in [7, 11) is -11.0. The summed E-state index contributed by atoms with van der Waals surface area (Å²) in [6, 6.07) is 29.1. The summed E-state index contributed by atoms with van der Waals surface area (Å²) in [6.45, 7) is 9.40. The minimum Gasteiger partial charge on any atom is -0.384 e. The van der Waals surface area contributed by atoms with Gasteiger partial charge in [0.15, 0.2) is 0 Å².